The molecule has 2 rings (SSSR count). The van der Waals surface area contributed by atoms with Gasteiger partial charge >= 0.3 is 5.97 Å². The summed E-state index contributed by atoms with van der Waals surface area (Å²) in [5.41, 5.74) is 1.65. The first-order chi connectivity index (χ1) is 12.0. The molecular formula is C21H22O4. The van der Waals surface area contributed by atoms with Gasteiger partial charge in [0.25, 0.3) is 0 Å². The Bertz CT molecular complexity index is 732. The highest BCUT2D eigenvalue weighted by Crippen LogP contribution is 2.17. The fourth-order valence-corrected chi connectivity index (χ4v) is 2.17. The molecule has 130 valence electrons. The molecule has 0 aliphatic carbocycles. The van der Waals surface area contributed by atoms with Gasteiger partial charge in [-0.25, -0.2) is 4.79 Å². The molecule has 0 saturated heterocycles. The average Bonchev–Trinajstić information content (AvgIpc) is 2.62. The van der Waals surface area contributed by atoms with Gasteiger partial charge in [0, 0.05) is 23.1 Å². The molecule has 0 saturated carbocycles. The van der Waals surface area contributed by atoms with Crippen molar-refractivity contribution >= 4 is 11.8 Å². The molecule has 0 N–H and O–H groups in total. The van der Waals surface area contributed by atoms with Crippen LogP contribution in [0.25, 0.3) is 0 Å². The summed E-state index contributed by atoms with van der Waals surface area (Å²) in [6.45, 7) is 7.32. The number of hydrogen-bond donors (Lipinski definition) is 0. The second kappa shape index (κ2) is 8.83. The van der Waals surface area contributed by atoms with Gasteiger partial charge in [-0.1, -0.05) is 36.9 Å². The van der Waals surface area contributed by atoms with Crippen molar-refractivity contribution in [1.82, 2.24) is 0 Å². The van der Waals surface area contributed by atoms with E-state index < -0.39 is 5.97 Å². The Balaban J connectivity index is 1.86. The number of carbonyl (C=O) groups excluding carboxylic acids is 2. The lowest BCUT2D eigenvalue weighted by atomic mass is 10.0. The molecule has 4 heteroatoms. The fraction of sp³-hybridized carbons (Fsp3) is 0.238. The largest absolute Gasteiger partial charge is 0.491 e. The highest BCUT2D eigenvalue weighted by molar-refractivity contribution is 6.08. The van der Waals surface area contributed by atoms with Crippen LogP contribution < -0.4 is 4.74 Å². The topological polar surface area (TPSA) is 52.6 Å². The van der Waals surface area contributed by atoms with E-state index >= 15 is 0 Å². The Morgan fingerprint density at radius 2 is 1.60 bits per heavy atom. The number of esters is 1. The highest BCUT2D eigenvalue weighted by Gasteiger charge is 2.10. The molecule has 0 fully saturated rings. The van der Waals surface area contributed by atoms with Crippen molar-refractivity contribution in [1.29, 1.82) is 0 Å². The molecule has 0 spiro atoms. The smallest absolute Gasteiger partial charge is 0.333 e. The van der Waals surface area contributed by atoms with E-state index in [0.29, 0.717) is 28.9 Å². The van der Waals surface area contributed by atoms with Crippen molar-refractivity contribution in [3.63, 3.8) is 0 Å². The summed E-state index contributed by atoms with van der Waals surface area (Å²) in [5, 5.41) is 0. The van der Waals surface area contributed by atoms with Crippen LogP contribution in [0.2, 0.25) is 0 Å². The monoisotopic (exact) mass is 338 g/mol. The van der Waals surface area contributed by atoms with Crippen molar-refractivity contribution in [2.45, 2.75) is 26.4 Å². The van der Waals surface area contributed by atoms with E-state index in [0.717, 1.165) is 0 Å². The van der Waals surface area contributed by atoms with Crippen molar-refractivity contribution < 1.29 is 19.1 Å². The van der Waals surface area contributed by atoms with Crippen molar-refractivity contribution in [2.24, 2.45) is 0 Å². The molecule has 0 bridgehead atoms. The van der Waals surface area contributed by atoms with Gasteiger partial charge in [-0.15, -0.1) is 0 Å². The summed E-state index contributed by atoms with van der Waals surface area (Å²) in [5.74, 6) is 0.256. The molecule has 0 aliphatic rings. The van der Waals surface area contributed by atoms with Gasteiger partial charge in [-0.3, -0.25) is 4.79 Å². The maximum absolute atomic E-state index is 12.3. The van der Waals surface area contributed by atoms with E-state index in [1.54, 1.807) is 43.3 Å². The van der Waals surface area contributed by atoms with Gasteiger partial charge in [0.1, 0.15) is 5.75 Å². The fourth-order valence-electron chi connectivity index (χ4n) is 2.17. The molecule has 0 aliphatic heterocycles. The molecule has 1 atom stereocenters. The van der Waals surface area contributed by atoms with Crippen LogP contribution in [0.3, 0.4) is 0 Å². The third-order valence-corrected chi connectivity index (χ3v) is 3.60. The molecule has 0 radical (unpaired) electrons. The van der Waals surface area contributed by atoms with E-state index in [1.807, 2.05) is 25.1 Å². The van der Waals surface area contributed by atoms with Crippen LogP contribution in [0.1, 0.15) is 36.2 Å². The SMILES string of the molecule is C=C(C)C(=O)OCCC(C)Oc1ccc(C(=O)c2ccccc2)cc1. The lowest BCUT2D eigenvalue weighted by Crippen LogP contribution is -2.16. The standard InChI is InChI=1S/C21H22O4/c1-15(2)21(23)24-14-13-16(3)25-19-11-9-18(10-12-19)20(22)17-7-5-4-6-8-17/h4-12,16H,1,13-14H2,2-3H3. The summed E-state index contributed by atoms with van der Waals surface area (Å²) in [4.78, 5) is 23.6. The zero-order valence-corrected chi connectivity index (χ0v) is 14.5. The van der Waals surface area contributed by atoms with E-state index in [2.05, 4.69) is 6.58 Å². The summed E-state index contributed by atoms with van der Waals surface area (Å²) in [6.07, 6.45) is 0.456. The Hall–Kier alpha value is -2.88. The minimum absolute atomic E-state index is 0.0214. The normalized spacial score (nSPS) is 11.4. The van der Waals surface area contributed by atoms with Crippen LogP contribution in [-0.2, 0) is 9.53 Å². The first-order valence-electron chi connectivity index (χ1n) is 8.16. The molecule has 1 unspecified atom stereocenters. The molecule has 0 amide bonds. The number of hydrogen-bond acceptors (Lipinski definition) is 4. The maximum Gasteiger partial charge on any atom is 0.333 e. The van der Waals surface area contributed by atoms with Crippen LogP contribution in [0.4, 0.5) is 0 Å². The van der Waals surface area contributed by atoms with Crippen LogP contribution in [0, 0.1) is 0 Å². The second-order valence-electron chi connectivity index (χ2n) is 5.85. The molecule has 2 aromatic carbocycles. The Morgan fingerprint density at radius 3 is 2.20 bits per heavy atom. The number of benzene rings is 2. The number of rotatable bonds is 8. The number of ketones is 1. The number of carbonyl (C=O) groups is 2. The van der Waals surface area contributed by atoms with Gasteiger partial charge in [-0.05, 0) is 38.1 Å². The summed E-state index contributed by atoms with van der Waals surface area (Å²) in [7, 11) is 0. The average molecular weight is 338 g/mol. The first-order valence-corrected chi connectivity index (χ1v) is 8.16. The predicted molar refractivity (Wildman–Crippen MR) is 96.8 cm³/mol. The zero-order chi connectivity index (χ0) is 18.2. The molecule has 4 nitrogen and oxygen atoms in total. The Labute approximate surface area is 148 Å². The first kappa shape index (κ1) is 18.5. The summed E-state index contributed by atoms with van der Waals surface area (Å²) >= 11 is 0. The van der Waals surface area contributed by atoms with Crippen LogP contribution in [0.15, 0.2) is 66.7 Å². The van der Waals surface area contributed by atoms with Gasteiger partial charge < -0.3 is 9.47 Å². The van der Waals surface area contributed by atoms with E-state index in [-0.39, 0.29) is 18.5 Å². The third kappa shape index (κ3) is 5.60. The van der Waals surface area contributed by atoms with Gasteiger partial charge in [0.05, 0.1) is 12.7 Å². The Morgan fingerprint density at radius 1 is 1.00 bits per heavy atom. The lowest BCUT2D eigenvalue weighted by Gasteiger charge is -2.15. The van der Waals surface area contributed by atoms with E-state index in [1.165, 1.54) is 0 Å². The van der Waals surface area contributed by atoms with E-state index in [9.17, 15) is 9.59 Å². The lowest BCUT2D eigenvalue weighted by molar-refractivity contribution is -0.139. The number of ether oxygens (including phenoxy) is 2. The zero-order valence-electron chi connectivity index (χ0n) is 14.5. The van der Waals surface area contributed by atoms with Gasteiger partial charge in [0.15, 0.2) is 5.78 Å². The predicted octanol–water partition coefficient (Wildman–Crippen LogP) is 4.19. The summed E-state index contributed by atoms with van der Waals surface area (Å²) in [6, 6.07) is 16.2. The van der Waals surface area contributed by atoms with Crippen LogP contribution in [-0.4, -0.2) is 24.5 Å². The van der Waals surface area contributed by atoms with Crippen molar-refractivity contribution in [3.8, 4) is 5.75 Å². The van der Waals surface area contributed by atoms with Crippen LogP contribution >= 0.6 is 0 Å². The highest BCUT2D eigenvalue weighted by atomic mass is 16.5. The minimum atomic E-state index is -0.393. The minimum Gasteiger partial charge on any atom is -0.491 e. The molecule has 0 heterocycles. The molecule has 2 aromatic rings. The molecule has 0 aromatic heterocycles. The quantitative estimate of drug-likeness (QED) is 0.411. The van der Waals surface area contributed by atoms with E-state index in [4.69, 9.17) is 9.47 Å². The molecule has 25 heavy (non-hydrogen) atoms. The van der Waals surface area contributed by atoms with Crippen molar-refractivity contribution in [3.05, 3.63) is 77.9 Å². The van der Waals surface area contributed by atoms with Crippen LogP contribution in [0.5, 0.6) is 5.75 Å². The van der Waals surface area contributed by atoms with Gasteiger partial charge in [0.2, 0.25) is 0 Å². The molecular weight excluding hydrogens is 316 g/mol. The maximum atomic E-state index is 12.3. The van der Waals surface area contributed by atoms with Gasteiger partial charge in [-0.2, -0.15) is 0 Å². The summed E-state index contributed by atoms with van der Waals surface area (Å²) < 4.78 is 10.8. The van der Waals surface area contributed by atoms with Crippen molar-refractivity contribution in [2.75, 3.05) is 6.61 Å². The third-order valence-electron chi connectivity index (χ3n) is 3.60. The Kier molecular flexibility index (Phi) is 6.52. The second-order valence-corrected chi connectivity index (χ2v) is 5.85.